The number of aryl methyl sites for hydroxylation is 1. The molecule has 0 aliphatic rings. The summed E-state index contributed by atoms with van der Waals surface area (Å²) in [5.41, 5.74) is 0. The summed E-state index contributed by atoms with van der Waals surface area (Å²) in [6.07, 6.45) is 0.841. The van der Waals surface area contributed by atoms with Gasteiger partial charge in [-0.3, -0.25) is 4.79 Å². The molecule has 2 heteroatoms. The molecule has 12 heavy (non-hydrogen) atoms. The maximum atomic E-state index is 10.7. The van der Waals surface area contributed by atoms with E-state index in [1.165, 1.54) is 6.92 Å². The average molecular weight is 168 g/mol. The Kier molecular flexibility index (Phi) is 5.09. The topological polar surface area (TPSA) is 30.2 Å². The second-order valence-electron chi connectivity index (χ2n) is 2.18. The van der Waals surface area contributed by atoms with Gasteiger partial charge >= 0.3 is 0 Å². The summed E-state index contributed by atoms with van der Waals surface area (Å²) in [6.45, 7) is 7.49. The van der Waals surface area contributed by atoms with E-state index in [4.69, 9.17) is 4.42 Å². The average Bonchev–Trinajstić information content (AvgIpc) is 2.55. The van der Waals surface area contributed by atoms with E-state index in [0.29, 0.717) is 5.76 Å². The molecule has 0 fully saturated rings. The predicted molar refractivity (Wildman–Crippen MR) is 49.4 cm³/mol. The maximum Gasteiger partial charge on any atom is 0.194 e. The maximum absolute atomic E-state index is 10.7. The lowest BCUT2D eigenvalue weighted by Gasteiger charge is -1.86. The first-order valence-corrected chi connectivity index (χ1v) is 4.33. The minimum absolute atomic E-state index is 0.0142. The smallest absolute Gasteiger partial charge is 0.194 e. The monoisotopic (exact) mass is 168 g/mol. The summed E-state index contributed by atoms with van der Waals surface area (Å²) < 4.78 is 5.14. The Morgan fingerprint density at radius 3 is 2.25 bits per heavy atom. The molecule has 2 nitrogen and oxygen atoms in total. The molecular weight excluding hydrogens is 152 g/mol. The summed E-state index contributed by atoms with van der Waals surface area (Å²) in [5.74, 6) is 1.31. The minimum atomic E-state index is -0.0142. The number of carbonyl (C=O) groups is 1. The van der Waals surface area contributed by atoms with Crippen LogP contribution in [-0.2, 0) is 6.42 Å². The highest BCUT2D eigenvalue weighted by atomic mass is 16.3. The standard InChI is InChI=1S/C8H10O2.C2H6/c1-3-7-4-5-8(10-7)6(2)9;1-2/h4-5H,3H2,1-2H3;1-2H3. The molecule has 0 aliphatic carbocycles. The van der Waals surface area contributed by atoms with Gasteiger partial charge in [0.25, 0.3) is 0 Å². The van der Waals surface area contributed by atoms with Gasteiger partial charge in [-0.25, -0.2) is 0 Å². The lowest BCUT2D eigenvalue weighted by Crippen LogP contribution is -1.86. The van der Waals surface area contributed by atoms with Crippen molar-refractivity contribution in [3.05, 3.63) is 23.7 Å². The minimum Gasteiger partial charge on any atom is -0.458 e. The molecule has 0 radical (unpaired) electrons. The number of hydrogen-bond acceptors (Lipinski definition) is 2. The van der Waals surface area contributed by atoms with Crippen LogP contribution in [-0.4, -0.2) is 5.78 Å². The van der Waals surface area contributed by atoms with Gasteiger partial charge in [-0.2, -0.15) is 0 Å². The Labute approximate surface area is 73.6 Å². The van der Waals surface area contributed by atoms with E-state index < -0.39 is 0 Å². The molecule has 0 amide bonds. The Balaban J connectivity index is 0.000000561. The molecular formula is C10H16O2. The van der Waals surface area contributed by atoms with Gasteiger partial charge in [0.2, 0.25) is 0 Å². The van der Waals surface area contributed by atoms with E-state index in [-0.39, 0.29) is 5.78 Å². The first-order chi connectivity index (χ1) is 5.74. The van der Waals surface area contributed by atoms with Crippen LogP contribution in [0, 0.1) is 0 Å². The van der Waals surface area contributed by atoms with Crippen molar-refractivity contribution in [2.24, 2.45) is 0 Å². The van der Waals surface area contributed by atoms with Crippen LogP contribution in [0.25, 0.3) is 0 Å². The van der Waals surface area contributed by atoms with Gasteiger partial charge in [-0.05, 0) is 12.1 Å². The van der Waals surface area contributed by atoms with Crippen molar-refractivity contribution in [2.45, 2.75) is 34.1 Å². The van der Waals surface area contributed by atoms with E-state index in [2.05, 4.69) is 0 Å². The lowest BCUT2D eigenvalue weighted by molar-refractivity contribution is 0.0985. The molecule has 0 bridgehead atoms. The molecule has 0 saturated carbocycles. The molecule has 68 valence electrons. The molecule has 0 saturated heterocycles. The van der Waals surface area contributed by atoms with Gasteiger partial charge < -0.3 is 4.42 Å². The van der Waals surface area contributed by atoms with Crippen LogP contribution in [0.2, 0.25) is 0 Å². The lowest BCUT2D eigenvalue weighted by atomic mass is 10.3. The quantitative estimate of drug-likeness (QED) is 0.635. The number of ketones is 1. The van der Waals surface area contributed by atoms with Crippen molar-refractivity contribution in [1.82, 2.24) is 0 Å². The van der Waals surface area contributed by atoms with Crippen molar-refractivity contribution in [3.63, 3.8) is 0 Å². The van der Waals surface area contributed by atoms with Crippen LogP contribution in [0.4, 0.5) is 0 Å². The van der Waals surface area contributed by atoms with Crippen LogP contribution in [0.3, 0.4) is 0 Å². The number of furan rings is 1. The molecule has 1 aromatic rings. The zero-order chi connectivity index (χ0) is 9.56. The van der Waals surface area contributed by atoms with Crippen LogP contribution >= 0.6 is 0 Å². The van der Waals surface area contributed by atoms with Crippen molar-refractivity contribution in [1.29, 1.82) is 0 Å². The van der Waals surface area contributed by atoms with Gasteiger partial charge in [-0.1, -0.05) is 20.8 Å². The fourth-order valence-corrected chi connectivity index (χ4v) is 0.757. The van der Waals surface area contributed by atoms with Crippen molar-refractivity contribution < 1.29 is 9.21 Å². The van der Waals surface area contributed by atoms with Gasteiger partial charge in [0.05, 0.1) is 0 Å². The first kappa shape index (κ1) is 11.0. The SMILES string of the molecule is CC.CCc1ccc(C(C)=O)o1. The largest absolute Gasteiger partial charge is 0.458 e. The normalized spacial score (nSPS) is 8.67. The summed E-state index contributed by atoms with van der Waals surface area (Å²) in [7, 11) is 0. The molecule has 0 atom stereocenters. The van der Waals surface area contributed by atoms with E-state index in [1.54, 1.807) is 6.07 Å². The van der Waals surface area contributed by atoms with Crippen molar-refractivity contribution >= 4 is 5.78 Å². The number of hydrogen-bond donors (Lipinski definition) is 0. The first-order valence-electron chi connectivity index (χ1n) is 4.33. The molecule has 0 aromatic carbocycles. The highest BCUT2D eigenvalue weighted by Gasteiger charge is 2.03. The molecule has 1 rings (SSSR count). The van der Waals surface area contributed by atoms with Crippen molar-refractivity contribution in [2.75, 3.05) is 0 Å². The van der Waals surface area contributed by atoms with Crippen LogP contribution < -0.4 is 0 Å². The Bertz CT molecular complexity index is 236. The summed E-state index contributed by atoms with van der Waals surface area (Å²) in [6, 6.07) is 3.54. The molecule has 0 N–H and O–H groups in total. The predicted octanol–water partition coefficient (Wildman–Crippen LogP) is 3.07. The number of Topliss-reactive ketones (excluding diaryl/α,β-unsaturated/α-hetero) is 1. The molecule has 0 aliphatic heterocycles. The highest BCUT2D eigenvalue weighted by molar-refractivity contribution is 5.91. The summed E-state index contributed by atoms with van der Waals surface area (Å²) in [4.78, 5) is 10.7. The van der Waals surface area contributed by atoms with E-state index in [0.717, 1.165) is 12.2 Å². The van der Waals surface area contributed by atoms with Crippen LogP contribution in [0.1, 0.15) is 44.0 Å². The van der Waals surface area contributed by atoms with E-state index in [9.17, 15) is 4.79 Å². The van der Waals surface area contributed by atoms with Crippen molar-refractivity contribution in [3.8, 4) is 0 Å². The Morgan fingerprint density at radius 1 is 1.42 bits per heavy atom. The Hall–Kier alpha value is -1.05. The molecule has 1 heterocycles. The zero-order valence-corrected chi connectivity index (χ0v) is 8.18. The fourth-order valence-electron chi connectivity index (χ4n) is 0.757. The number of carbonyl (C=O) groups excluding carboxylic acids is 1. The molecule has 0 unspecified atom stereocenters. The third kappa shape index (κ3) is 2.91. The summed E-state index contributed by atoms with van der Waals surface area (Å²) >= 11 is 0. The highest BCUT2D eigenvalue weighted by Crippen LogP contribution is 2.08. The van der Waals surface area contributed by atoms with Gasteiger partial charge in [0.1, 0.15) is 5.76 Å². The number of rotatable bonds is 2. The fraction of sp³-hybridized carbons (Fsp3) is 0.500. The van der Waals surface area contributed by atoms with Gasteiger partial charge in [0, 0.05) is 13.3 Å². The van der Waals surface area contributed by atoms with Gasteiger partial charge in [0.15, 0.2) is 11.5 Å². The molecule has 0 spiro atoms. The second-order valence-corrected chi connectivity index (χ2v) is 2.18. The second kappa shape index (κ2) is 5.58. The Morgan fingerprint density at radius 2 is 2.00 bits per heavy atom. The van der Waals surface area contributed by atoms with Crippen LogP contribution in [0.5, 0.6) is 0 Å². The zero-order valence-electron chi connectivity index (χ0n) is 8.18. The third-order valence-electron chi connectivity index (χ3n) is 1.36. The molecule has 1 aromatic heterocycles. The van der Waals surface area contributed by atoms with Crippen LogP contribution in [0.15, 0.2) is 16.5 Å². The summed E-state index contributed by atoms with van der Waals surface area (Å²) in [5, 5.41) is 0. The van der Waals surface area contributed by atoms with Gasteiger partial charge in [-0.15, -0.1) is 0 Å². The third-order valence-corrected chi connectivity index (χ3v) is 1.36. The van der Waals surface area contributed by atoms with E-state index >= 15 is 0 Å². The van der Waals surface area contributed by atoms with E-state index in [1.807, 2.05) is 26.8 Å².